The topological polar surface area (TPSA) is 41.5 Å². The van der Waals surface area contributed by atoms with Crippen molar-refractivity contribution >= 4 is 0 Å². The lowest BCUT2D eigenvalue weighted by Gasteiger charge is -2.58. The number of rotatable bonds is 6. The van der Waals surface area contributed by atoms with Crippen LogP contribution in [0.15, 0.2) is 48.8 Å². The van der Waals surface area contributed by atoms with Gasteiger partial charge in [-0.05, 0) is 56.6 Å². The summed E-state index contributed by atoms with van der Waals surface area (Å²) >= 11 is 0. The standard InChI is InChI=1S/C21H28N4O/c1-24-11-8-18(14-26-15-20-7-3-5-10-23-20)12-21(24)16-25(17-21)13-19-6-2-4-9-22-19/h2-7,9-10,18H,8,11-17H2,1H3/t18-/m0/s1. The van der Waals surface area contributed by atoms with Crippen LogP contribution in [-0.2, 0) is 17.9 Å². The molecule has 0 bridgehead atoms. The van der Waals surface area contributed by atoms with Crippen molar-refractivity contribution in [1.82, 2.24) is 19.8 Å². The largest absolute Gasteiger partial charge is 0.375 e. The molecule has 2 saturated heterocycles. The van der Waals surface area contributed by atoms with Crippen LogP contribution in [-0.4, -0.2) is 58.6 Å². The first-order valence-corrected chi connectivity index (χ1v) is 9.55. The van der Waals surface area contributed by atoms with Gasteiger partial charge in [0.05, 0.1) is 24.6 Å². The summed E-state index contributed by atoms with van der Waals surface area (Å²) in [6, 6.07) is 12.1. The zero-order chi connectivity index (χ0) is 17.8. The average Bonchev–Trinajstić information content (AvgIpc) is 2.65. The van der Waals surface area contributed by atoms with E-state index in [0.29, 0.717) is 18.1 Å². The fraction of sp³-hybridized carbons (Fsp3) is 0.524. The van der Waals surface area contributed by atoms with Crippen molar-refractivity contribution in [3.63, 3.8) is 0 Å². The van der Waals surface area contributed by atoms with Crippen LogP contribution in [0.5, 0.6) is 0 Å². The molecule has 1 atom stereocenters. The Kier molecular flexibility index (Phi) is 5.29. The van der Waals surface area contributed by atoms with Gasteiger partial charge >= 0.3 is 0 Å². The maximum atomic E-state index is 5.97. The Hall–Kier alpha value is -1.82. The summed E-state index contributed by atoms with van der Waals surface area (Å²) in [6.07, 6.45) is 6.16. The Bertz CT molecular complexity index is 688. The van der Waals surface area contributed by atoms with Crippen LogP contribution in [0, 0.1) is 5.92 Å². The van der Waals surface area contributed by atoms with Crippen LogP contribution in [0.4, 0.5) is 0 Å². The van der Waals surface area contributed by atoms with Crippen LogP contribution < -0.4 is 0 Å². The molecule has 0 radical (unpaired) electrons. The van der Waals surface area contributed by atoms with Gasteiger partial charge in [0.25, 0.3) is 0 Å². The lowest BCUT2D eigenvalue weighted by molar-refractivity contribution is -0.0940. The molecule has 0 aliphatic carbocycles. The number of ether oxygens (including phenoxy) is 1. The summed E-state index contributed by atoms with van der Waals surface area (Å²) in [7, 11) is 2.28. The molecule has 2 aliphatic heterocycles. The van der Waals surface area contributed by atoms with E-state index in [1.807, 2.05) is 36.7 Å². The Balaban J connectivity index is 1.26. The van der Waals surface area contributed by atoms with Gasteiger partial charge in [0.1, 0.15) is 0 Å². The van der Waals surface area contributed by atoms with Gasteiger partial charge in [-0.2, -0.15) is 0 Å². The zero-order valence-electron chi connectivity index (χ0n) is 15.6. The van der Waals surface area contributed by atoms with Crippen LogP contribution in [0.3, 0.4) is 0 Å². The van der Waals surface area contributed by atoms with Crippen molar-refractivity contribution < 1.29 is 4.74 Å². The highest BCUT2D eigenvalue weighted by atomic mass is 16.5. The number of aromatic nitrogens is 2. The minimum absolute atomic E-state index is 0.325. The first-order valence-electron chi connectivity index (χ1n) is 9.55. The van der Waals surface area contributed by atoms with Crippen molar-refractivity contribution in [2.24, 2.45) is 5.92 Å². The molecular formula is C21H28N4O. The molecule has 26 heavy (non-hydrogen) atoms. The highest BCUT2D eigenvalue weighted by Gasteiger charge is 2.49. The number of likely N-dealkylation sites (tertiary alicyclic amines) is 2. The molecule has 0 unspecified atom stereocenters. The fourth-order valence-electron chi connectivity index (χ4n) is 4.35. The third-order valence-electron chi connectivity index (χ3n) is 5.83. The van der Waals surface area contributed by atoms with Crippen molar-refractivity contribution in [2.75, 3.05) is 33.3 Å². The number of hydrogen-bond acceptors (Lipinski definition) is 5. The van der Waals surface area contributed by atoms with E-state index in [4.69, 9.17) is 4.74 Å². The van der Waals surface area contributed by atoms with E-state index in [9.17, 15) is 0 Å². The van der Waals surface area contributed by atoms with Gasteiger partial charge in [0.15, 0.2) is 0 Å². The number of piperidine rings is 1. The second-order valence-corrected chi connectivity index (χ2v) is 7.81. The summed E-state index contributed by atoms with van der Waals surface area (Å²) in [4.78, 5) is 13.9. The van der Waals surface area contributed by atoms with E-state index < -0.39 is 0 Å². The number of pyridine rings is 2. The molecule has 2 aliphatic rings. The van der Waals surface area contributed by atoms with E-state index in [2.05, 4.69) is 38.9 Å². The molecule has 2 fully saturated rings. The first-order chi connectivity index (χ1) is 12.7. The van der Waals surface area contributed by atoms with Gasteiger partial charge in [-0.25, -0.2) is 0 Å². The summed E-state index contributed by atoms with van der Waals surface area (Å²) in [5.74, 6) is 0.645. The number of nitrogens with zero attached hydrogens (tertiary/aromatic N) is 4. The minimum atomic E-state index is 0.325. The Morgan fingerprint density at radius 2 is 1.81 bits per heavy atom. The predicted molar refractivity (Wildman–Crippen MR) is 101 cm³/mol. The van der Waals surface area contributed by atoms with Crippen molar-refractivity contribution in [3.8, 4) is 0 Å². The van der Waals surface area contributed by atoms with Crippen molar-refractivity contribution in [3.05, 3.63) is 60.2 Å². The van der Waals surface area contributed by atoms with E-state index in [1.165, 1.54) is 12.8 Å². The van der Waals surface area contributed by atoms with Gasteiger partial charge in [-0.15, -0.1) is 0 Å². The second-order valence-electron chi connectivity index (χ2n) is 7.81. The monoisotopic (exact) mass is 352 g/mol. The number of likely N-dealkylation sites (N-methyl/N-ethyl adjacent to an activating group) is 1. The second kappa shape index (κ2) is 7.82. The smallest absolute Gasteiger partial charge is 0.0887 e. The summed E-state index contributed by atoms with van der Waals surface area (Å²) in [5, 5.41) is 0. The van der Waals surface area contributed by atoms with Crippen LogP contribution in [0.25, 0.3) is 0 Å². The molecule has 4 rings (SSSR count). The van der Waals surface area contributed by atoms with Gasteiger partial charge < -0.3 is 4.74 Å². The minimum Gasteiger partial charge on any atom is -0.375 e. The van der Waals surface area contributed by atoms with E-state index in [0.717, 1.165) is 44.2 Å². The van der Waals surface area contributed by atoms with E-state index >= 15 is 0 Å². The normalized spacial score (nSPS) is 23.0. The van der Waals surface area contributed by atoms with Gasteiger partial charge in [-0.1, -0.05) is 12.1 Å². The molecule has 5 nitrogen and oxygen atoms in total. The fourth-order valence-corrected chi connectivity index (χ4v) is 4.35. The molecule has 138 valence electrons. The summed E-state index contributed by atoms with van der Waals surface area (Å²) in [6.45, 7) is 5.85. The summed E-state index contributed by atoms with van der Waals surface area (Å²) in [5.41, 5.74) is 2.50. The third-order valence-corrected chi connectivity index (χ3v) is 5.83. The predicted octanol–water partition coefficient (Wildman–Crippen LogP) is 2.59. The van der Waals surface area contributed by atoms with Crippen LogP contribution >= 0.6 is 0 Å². The zero-order valence-corrected chi connectivity index (χ0v) is 15.6. The van der Waals surface area contributed by atoms with Crippen LogP contribution in [0.1, 0.15) is 24.2 Å². The highest BCUT2D eigenvalue weighted by molar-refractivity contribution is 5.10. The molecule has 4 heterocycles. The van der Waals surface area contributed by atoms with Crippen molar-refractivity contribution in [2.45, 2.75) is 31.5 Å². The Morgan fingerprint density at radius 3 is 2.50 bits per heavy atom. The molecule has 2 aromatic heterocycles. The van der Waals surface area contributed by atoms with E-state index in [1.54, 1.807) is 0 Å². The molecule has 0 N–H and O–H groups in total. The molecule has 0 amide bonds. The molecule has 5 heteroatoms. The maximum absolute atomic E-state index is 5.97. The quantitative estimate of drug-likeness (QED) is 0.799. The summed E-state index contributed by atoms with van der Waals surface area (Å²) < 4.78 is 5.97. The van der Waals surface area contributed by atoms with E-state index in [-0.39, 0.29) is 0 Å². The first kappa shape index (κ1) is 17.6. The third kappa shape index (κ3) is 3.95. The highest BCUT2D eigenvalue weighted by Crippen LogP contribution is 2.38. The molecular weight excluding hydrogens is 324 g/mol. The average molecular weight is 352 g/mol. The SMILES string of the molecule is CN1CC[C@H](COCc2ccccn2)CC12CN(Cc1ccccn1)C2. The lowest BCUT2D eigenvalue weighted by atomic mass is 9.75. The van der Waals surface area contributed by atoms with Crippen LogP contribution in [0.2, 0.25) is 0 Å². The van der Waals surface area contributed by atoms with Gasteiger partial charge in [-0.3, -0.25) is 19.8 Å². The molecule has 1 spiro atoms. The molecule has 2 aromatic rings. The Morgan fingerprint density at radius 1 is 1.08 bits per heavy atom. The maximum Gasteiger partial charge on any atom is 0.0887 e. The van der Waals surface area contributed by atoms with Gasteiger partial charge in [0, 0.05) is 37.6 Å². The molecule has 0 aromatic carbocycles. The Labute approximate surface area is 156 Å². The van der Waals surface area contributed by atoms with Crippen molar-refractivity contribution in [1.29, 1.82) is 0 Å². The molecule has 0 saturated carbocycles. The van der Waals surface area contributed by atoms with Gasteiger partial charge in [0.2, 0.25) is 0 Å². The number of hydrogen-bond donors (Lipinski definition) is 0. The lowest BCUT2D eigenvalue weighted by Crippen LogP contribution is -2.71.